The molecule has 0 unspecified atom stereocenters. The van der Waals surface area contributed by atoms with Crippen LogP contribution in [0.1, 0.15) is 35.9 Å². The van der Waals surface area contributed by atoms with Crippen molar-refractivity contribution in [1.82, 2.24) is 19.6 Å². The molecule has 1 aliphatic carbocycles. The van der Waals surface area contributed by atoms with Crippen LogP contribution in [0.3, 0.4) is 0 Å². The van der Waals surface area contributed by atoms with Crippen LogP contribution in [0.4, 0.5) is 0 Å². The highest BCUT2D eigenvalue weighted by molar-refractivity contribution is 5.55. The van der Waals surface area contributed by atoms with E-state index in [4.69, 9.17) is 4.52 Å². The molecule has 1 saturated heterocycles. The summed E-state index contributed by atoms with van der Waals surface area (Å²) < 4.78 is 7.52. The van der Waals surface area contributed by atoms with Gasteiger partial charge in [0, 0.05) is 43.2 Å². The second-order valence-corrected chi connectivity index (χ2v) is 8.65. The van der Waals surface area contributed by atoms with Crippen molar-refractivity contribution in [3.8, 4) is 11.4 Å². The van der Waals surface area contributed by atoms with Crippen LogP contribution < -0.4 is 0 Å². The molecule has 2 fully saturated rings. The van der Waals surface area contributed by atoms with Crippen LogP contribution >= 0.6 is 0 Å². The van der Waals surface area contributed by atoms with Crippen molar-refractivity contribution in [2.75, 3.05) is 13.1 Å². The van der Waals surface area contributed by atoms with Gasteiger partial charge in [0.15, 0.2) is 0 Å². The van der Waals surface area contributed by atoms with Gasteiger partial charge in [-0.2, -0.15) is 0 Å². The molecular weight excluding hydrogens is 364 g/mol. The van der Waals surface area contributed by atoms with E-state index in [2.05, 4.69) is 31.7 Å². The lowest BCUT2D eigenvalue weighted by Gasteiger charge is -2.36. The largest absolute Gasteiger partial charge is 0.391 e. The Morgan fingerprint density at radius 2 is 1.86 bits per heavy atom. The Morgan fingerprint density at radius 3 is 2.59 bits per heavy atom. The predicted octanol–water partition coefficient (Wildman–Crippen LogP) is 3.60. The normalized spacial score (nSPS) is 27.3. The van der Waals surface area contributed by atoms with Gasteiger partial charge in [0.1, 0.15) is 11.6 Å². The molecule has 0 amide bonds. The van der Waals surface area contributed by atoms with Crippen molar-refractivity contribution in [1.29, 1.82) is 0 Å². The Bertz CT molecular complexity index is 960. The van der Waals surface area contributed by atoms with Gasteiger partial charge in [0.05, 0.1) is 17.8 Å². The van der Waals surface area contributed by atoms with Crippen LogP contribution in [0, 0.1) is 25.7 Å². The van der Waals surface area contributed by atoms with E-state index in [1.807, 2.05) is 44.4 Å². The third-order valence-corrected chi connectivity index (χ3v) is 6.81. The van der Waals surface area contributed by atoms with Gasteiger partial charge in [-0.1, -0.05) is 35.5 Å². The quantitative estimate of drug-likeness (QED) is 0.735. The number of imidazole rings is 1. The van der Waals surface area contributed by atoms with Crippen molar-refractivity contribution in [3.63, 3.8) is 0 Å². The number of fused-ring (bicyclic) bond motifs is 1. The number of aliphatic hydroxyl groups is 1. The number of aliphatic hydroxyl groups excluding tert-OH is 1. The Morgan fingerprint density at radius 1 is 1.10 bits per heavy atom. The molecule has 2 aromatic heterocycles. The van der Waals surface area contributed by atoms with E-state index in [1.54, 1.807) is 0 Å². The fourth-order valence-electron chi connectivity index (χ4n) is 5.28. The minimum atomic E-state index is -0.341. The summed E-state index contributed by atoms with van der Waals surface area (Å²) in [6.45, 7) is 6.98. The summed E-state index contributed by atoms with van der Waals surface area (Å²) in [5.41, 5.74) is 3.29. The smallest absolute Gasteiger partial charge is 0.140 e. The van der Waals surface area contributed by atoms with Crippen LogP contribution in [-0.4, -0.2) is 43.9 Å². The zero-order valence-electron chi connectivity index (χ0n) is 17.0. The van der Waals surface area contributed by atoms with Crippen LogP contribution in [0.25, 0.3) is 11.4 Å². The van der Waals surface area contributed by atoms with Gasteiger partial charge in [-0.15, -0.1) is 0 Å². The maximum absolute atomic E-state index is 11.0. The Kier molecular flexibility index (Phi) is 4.76. The first-order valence-corrected chi connectivity index (χ1v) is 10.5. The molecule has 4 atom stereocenters. The molecule has 3 heterocycles. The molecule has 1 aliphatic heterocycles. The number of benzene rings is 1. The number of aryl methyl sites for hydroxylation is 2. The second kappa shape index (κ2) is 7.43. The monoisotopic (exact) mass is 392 g/mol. The lowest BCUT2D eigenvalue weighted by atomic mass is 9.77. The summed E-state index contributed by atoms with van der Waals surface area (Å²) in [6, 6.07) is 10.3. The van der Waals surface area contributed by atoms with E-state index in [0.29, 0.717) is 11.8 Å². The van der Waals surface area contributed by atoms with Gasteiger partial charge in [0.25, 0.3) is 0 Å². The third-order valence-electron chi connectivity index (χ3n) is 6.81. The number of rotatable bonds is 4. The topological polar surface area (TPSA) is 67.3 Å². The molecule has 1 N–H and O–H groups in total. The van der Waals surface area contributed by atoms with Crippen molar-refractivity contribution in [2.24, 2.45) is 11.8 Å². The van der Waals surface area contributed by atoms with E-state index >= 15 is 0 Å². The number of nitrogens with zero attached hydrogens (tertiary/aromatic N) is 4. The number of hydrogen-bond donors (Lipinski definition) is 1. The number of likely N-dealkylation sites (tertiary alicyclic amines) is 1. The Balaban J connectivity index is 1.33. The summed E-state index contributed by atoms with van der Waals surface area (Å²) >= 11 is 0. The Labute approximate surface area is 171 Å². The lowest BCUT2D eigenvalue weighted by Crippen LogP contribution is -2.36. The zero-order valence-corrected chi connectivity index (χ0v) is 17.0. The third kappa shape index (κ3) is 3.40. The average Bonchev–Trinajstić information content (AvgIpc) is 3.43. The molecule has 2 aliphatic rings. The minimum Gasteiger partial charge on any atom is -0.391 e. The van der Waals surface area contributed by atoms with Gasteiger partial charge in [-0.25, -0.2) is 4.98 Å². The second-order valence-electron chi connectivity index (χ2n) is 8.65. The fraction of sp³-hybridized carbons (Fsp3) is 0.478. The van der Waals surface area contributed by atoms with E-state index in [-0.39, 0.29) is 12.1 Å². The molecule has 1 saturated carbocycles. The molecule has 6 nitrogen and oxygen atoms in total. The molecular formula is C23H28N4O2. The highest BCUT2D eigenvalue weighted by Crippen LogP contribution is 2.43. The van der Waals surface area contributed by atoms with Gasteiger partial charge < -0.3 is 14.2 Å². The van der Waals surface area contributed by atoms with Crippen LogP contribution in [0.15, 0.2) is 47.2 Å². The molecule has 3 aromatic rings. The van der Waals surface area contributed by atoms with E-state index < -0.39 is 0 Å². The minimum absolute atomic E-state index is 0.0768. The summed E-state index contributed by atoms with van der Waals surface area (Å²) in [6.07, 6.45) is 5.36. The van der Waals surface area contributed by atoms with Crippen molar-refractivity contribution >= 4 is 0 Å². The molecule has 0 bridgehead atoms. The first-order valence-electron chi connectivity index (χ1n) is 10.5. The van der Waals surface area contributed by atoms with Crippen LogP contribution in [-0.2, 0) is 6.54 Å². The summed E-state index contributed by atoms with van der Waals surface area (Å²) in [5, 5.41) is 15.1. The van der Waals surface area contributed by atoms with Crippen LogP contribution in [0.5, 0.6) is 0 Å². The summed E-state index contributed by atoms with van der Waals surface area (Å²) in [7, 11) is 0. The van der Waals surface area contributed by atoms with Crippen molar-refractivity contribution in [2.45, 2.75) is 45.4 Å². The van der Waals surface area contributed by atoms with Crippen molar-refractivity contribution in [3.05, 3.63) is 59.7 Å². The maximum Gasteiger partial charge on any atom is 0.140 e. The average molecular weight is 393 g/mol. The van der Waals surface area contributed by atoms with Gasteiger partial charge >= 0.3 is 0 Å². The standard InChI is InChI=1S/C23H28N4O2/c1-15-20(16(2)29-25-15)14-26-12-18-10-21(22(28)11-19(18)13-26)27-9-8-24-23(27)17-6-4-3-5-7-17/h3-9,18-19,21-22,28H,10-14H2,1-2H3/t18-,19+,21-,22-/m0/s1. The first-order chi connectivity index (χ1) is 14.1. The molecule has 6 heteroatoms. The molecule has 5 rings (SSSR count). The Hall–Kier alpha value is -2.44. The lowest BCUT2D eigenvalue weighted by molar-refractivity contribution is 0.0365. The van der Waals surface area contributed by atoms with Gasteiger partial charge in [-0.05, 0) is 38.5 Å². The van der Waals surface area contributed by atoms with Crippen LogP contribution in [0.2, 0.25) is 0 Å². The summed E-state index contributed by atoms with van der Waals surface area (Å²) in [5.74, 6) is 3.00. The van der Waals surface area contributed by atoms with E-state index in [1.165, 1.54) is 5.56 Å². The van der Waals surface area contributed by atoms with E-state index in [9.17, 15) is 5.11 Å². The highest BCUT2D eigenvalue weighted by Gasteiger charge is 2.42. The molecule has 29 heavy (non-hydrogen) atoms. The number of aromatic nitrogens is 3. The SMILES string of the molecule is Cc1noc(C)c1CN1C[C@H]2C[C@H](O)[C@@H](n3ccnc3-c3ccccc3)C[C@H]2C1. The predicted molar refractivity (Wildman–Crippen MR) is 110 cm³/mol. The highest BCUT2D eigenvalue weighted by atomic mass is 16.5. The fourth-order valence-corrected chi connectivity index (χ4v) is 5.28. The molecule has 0 spiro atoms. The van der Waals surface area contributed by atoms with Crippen molar-refractivity contribution < 1.29 is 9.63 Å². The van der Waals surface area contributed by atoms with E-state index in [0.717, 1.165) is 55.3 Å². The number of hydrogen-bond acceptors (Lipinski definition) is 5. The molecule has 1 aromatic carbocycles. The maximum atomic E-state index is 11.0. The van der Waals surface area contributed by atoms with Gasteiger partial charge in [-0.3, -0.25) is 4.90 Å². The molecule has 0 radical (unpaired) electrons. The first kappa shape index (κ1) is 18.6. The molecule has 152 valence electrons. The zero-order chi connectivity index (χ0) is 20.0. The van der Waals surface area contributed by atoms with Gasteiger partial charge in [0.2, 0.25) is 0 Å². The summed E-state index contributed by atoms with van der Waals surface area (Å²) in [4.78, 5) is 7.09.